The first-order chi connectivity index (χ1) is 16.3. The molecule has 0 spiro atoms. The van der Waals surface area contributed by atoms with Crippen LogP contribution in [0.5, 0.6) is 0 Å². The molecule has 35 heavy (non-hydrogen) atoms. The first-order valence-corrected chi connectivity index (χ1v) is 10.6. The Labute approximate surface area is 197 Å². The van der Waals surface area contributed by atoms with Crippen LogP contribution in [0, 0.1) is 0 Å². The maximum absolute atomic E-state index is 15.1. The Hall–Kier alpha value is -3.68. The fourth-order valence-electron chi connectivity index (χ4n) is 3.86. The minimum absolute atomic E-state index is 0.0562. The number of hydrogen-bond acceptors (Lipinski definition) is 6. The van der Waals surface area contributed by atoms with Gasteiger partial charge >= 0.3 is 18.1 Å². The molecule has 0 bridgehead atoms. The first kappa shape index (κ1) is 25.9. The van der Waals surface area contributed by atoms with Crippen LogP contribution in [0.3, 0.4) is 0 Å². The summed E-state index contributed by atoms with van der Waals surface area (Å²) in [6, 6.07) is 0.262. The predicted molar refractivity (Wildman–Crippen MR) is 120 cm³/mol. The summed E-state index contributed by atoms with van der Waals surface area (Å²) in [5.41, 5.74) is 3.93. The van der Waals surface area contributed by atoms with Crippen molar-refractivity contribution in [2.75, 3.05) is 43.1 Å². The Morgan fingerprint density at radius 1 is 1.31 bits per heavy atom. The molecule has 3 amide bonds. The molecule has 1 aliphatic heterocycles. The van der Waals surface area contributed by atoms with Gasteiger partial charge in [0.15, 0.2) is 0 Å². The molecule has 5 N–H and O–H groups in total. The largest absolute Gasteiger partial charge is 0.417 e. The number of aromatic nitrogens is 2. The van der Waals surface area contributed by atoms with Gasteiger partial charge in [0.05, 0.1) is 37.1 Å². The minimum Gasteiger partial charge on any atom is -0.383 e. The smallest absolute Gasteiger partial charge is 0.383 e. The van der Waals surface area contributed by atoms with E-state index in [0.717, 1.165) is 11.9 Å². The summed E-state index contributed by atoms with van der Waals surface area (Å²) >= 11 is 0. The van der Waals surface area contributed by atoms with Crippen LogP contribution in [-0.4, -0.2) is 65.8 Å². The van der Waals surface area contributed by atoms with Gasteiger partial charge in [-0.3, -0.25) is 10.1 Å². The number of urea groups is 1. The number of nitrogens with one attached hydrogen (secondary N) is 1. The van der Waals surface area contributed by atoms with Gasteiger partial charge in [-0.1, -0.05) is 0 Å². The van der Waals surface area contributed by atoms with Gasteiger partial charge in [0, 0.05) is 26.8 Å². The third kappa shape index (κ3) is 5.53. The molecule has 14 heteroatoms. The van der Waals surface area contributed by atoms with Gasteiger partial charge in [-0.05, 0) is 18.6 Å². The lowest BCUT2D eigenvalue weighted by molar-refractivity contribution is -0.523. The summed E-state index contributed by atoms with van der Waals surface area (Å²) in [6.45, 7) is 0.186. The number of carbonyl (C=O) groups excluding carboxylic acids is 2. The molecule has 0 aliphatic carbocycles. The topological polar surface area (TPSA) is 130 Å². The van der Waals surface area contributed by atoms with Gasteiger partial charge in [-0.15, -0.1) is 0 Å². The summed E-state index contributed by atoms with van der Waals surface area (Å²) in [5, 5.41) is 3.51. The fourth-order valence-corrected chi connectivity index (χ4v) is 3.86. The highest BCUT2D eigenvalue weighted by atomic mass is 19.4. The molecule has 2 atom stereocenters. The normalized spacial score (nSPS) is 18.3. The molecule has 10 nitrogen and oxygen atoms in total. The van der Waals surface area contributed by atoms with E-state index in [2.05, 4.69) is 10.3 Å². The molecule has 1 aliphatic rings. The number of amides is 3. The zero-order chi connectivity index (χ0) is 26.1. The Morgan fingerprint density at radius 3 is 2.60 bits per heavy atom. The van der Waals surface area contributed by atoms with E-state index >= 15 is 4.39 Å². The highest BCUT2D eigenvalue weighted by molar-refractivity contribution is 5.92. The van der Waals surface area contributed by atoms with E-state index in [-0.39, 0.29) is 30.3 Å². The number of nitrogens with two attached hydrogens (primary N) is 2. The molecule has 0 unspecified atom stereocenters. The van der Waals surface area contributed by atoms with Gasteiger partial charge in [0.1, 0.15) is 23.2 Å². The van der Waals surface area contributed by atoms with E-state index < -0.39 is 41.2 Å². The number of nitrogen functional groups attached to an aromatic ring is 1. The molecule has 1 fully saturated rings. The number of carbonyl (C=O) groups is 2. The molecule has 0 aromatic carbocycles. The SMILES string of the molecule is C[NH2+]C(=O)c1cc(N2CC[C@H](N(C)C(=O)Nc3cc(C(F)(F)F)cn(C)c3=O)[C@H](F)C2)cnc1N. The van der Waals surface area contributed by atoms with Gasteiger partial charge in [0.2, 0.25) is 0 Å². The maximum atomic E-state index is 15.1. The number of alkyl halides is 4. The van der Waals surface area contributed by atoms with Crippen LogP contribution in [0.15, 0.2) is 29.3 Å². The van der Waals surface area contributed by atoms with E-state index in [1.165, 1.54) is 24.6 Å². The van der Waals surface area contributed by atoms with Crippen molar-refractivity contribution in [1.82, 2.24) is 14.5 Å². The number of piperidine rings is 1. The number of aryl methyl sites for hydroxylation is 1. The highest BCUT2D eigenvalue weighted by Crippen LogP contribution is 2.30. The number of anilines is 3. The summed E-state index contributed by atoms with van der Waals surface area (Å²) < 4.78 is 55.1. The fraction of sp³-hybridized carbons (Fsp3) is 0.429. The average Bonchev–Trinajstić information content (AvgIpc) is 2.80. The predicted octanol–water partition coefficient (Wildman–Crippen LogP) is 0.795. The van der Waals surface area contributed by atoms with E-state index in [4.69, 9.17) is 5.73 Å². The van der Waals surface area contributed by atoms with Crippen LogP contribution in [0.4, 0.5) is 39.5 Å². The Kier molecular flexibility index (Phi) is 7.33. The summed E-state index contributed by atoms with van der Waals surface area (Å²) in [5.74, 6) is -0.263. The lowest BCUT2D eigenvalue weighted by Gasteiger charge is -2.40. The summed E-state index contributed by atoms with van der Waals surface area (Å²) in [4.78, 5) is 43.6. The van der Waals surface area contributed by atoms with Crippen molar-refractivity contribution in [3.63, 3.8) is 0 Å². The molecule has 1 saturated heterocycles. The standard InChI is InChI=1S/C21H25F4N7O3/c1-27-18(33)13-7-12(8-28-17(13)26)32-5-4-16(14(22)10-32)31(3)20(35)29-15-6-11(21(23,24)25)9-30(2)19(15)34/h6-9,14,16H,4-5,10H2,1-3H3,(H2,26,28)(H,27,33)(H,29,35)/p+1/t14-,16+/m1/s1. The maximum Gasteiger partial charge on any atom is 0.417 e. The van der Waals surface area contributed by atoms with E-state index in [1.54, 1.807) is 11.9 Å². The van der Waals surface area contributed by atoms with Gasteiger partial charge in [-0.25, -0.2) is 19.0 Å². The van der Waals surface area contributed by atoms with Crippen molar-refractivity contribution in [3.05, 3.63) is 46.0 Å². The zero-order valence-corrected chi connectivity index (χ0v) is 19.3. The monoisotopic (exact) mass is 500 g/mol. The van der Waals surface area contributed by atoms with Gasteiger partial charge in [0.25, 0.3) is 5.56 Å². The number of halogens is 4. The number of hydrogen-bond donors (Lipinski definition) is 3. The third-order valence-corrected chi connectivity index (χ3v) is 5.87. The average molecular weight is 500 g/mol. The van der Waals surface area contributed by atoms with Crippen molar-refractivity contribution in [2.24, 2.45) is 7.05 Å². The van der Waals surface area contributed by atoms with Gasteiger partial charge < -0.3 is 25.4 Å². The number of rotatable bonds is 4. The summed E-state index contributed by atoms with van der Waals surface area (Å²) in [6.07, 6.45) is -4.02. The third-order valence-electron chi connectivity index (χ3n) is 5.87. The van der Waals surface area contributed by atoms with Crippen LogP contribution in [0.2, 0.25) is 0 Å². The summed E-state index contributed by atoms with van der Waals surface area (Å²) in [7, 11) is 4.00. The van der Waals surface area contributed by atoms with E-state index in [0.29, 0.717) is 29.1 Å². The van der Waals surface area contributed by atoms with Crippen LogP contribution >= 0.6 is 0 Å². The van der Waals surface area contributed by atoms with Crippen LogP contribution in [0.1, 0.15) is 22.3 Å². The molecule has 190 valence electrons. The number of nitrogens with zero attached hydrogens (tertiary/aromatic N) is 4. The molecule has 0 radical (unpaired) electrons. The molecule has 3 rings (SSSR count). The molecule has 2 aromatic rings. The lowest BCUT2D eigenvalue weighted by Crippen LogP contribution is -2.83. The van der Waals surface area contributed by atoms with Crippen LogP contribution in [-0.2, 0) is 13.2 Å². The Bertz CT molecular complexity index is 1180. The quantitative estimate of drug-likeness (QED) is 0.533. The van der Waals surface area contributed by atoms with Crippen molar-refractivity contribution in [2.45, 2.75) is 24.8 Å². The van der Waals surface area contributed by atoms with Crippen molar-refractivity contribution < 1.29 is 32.5 Å². The van der Waals surface area contributed by atoms with Crippen molar-refractivity contribution >= 4 is 29.1 Å². The zero-order valence-electron chi connectivity index (χ0n) is 19.3. The van der Waals surface area contributed by atoms with E-state index in [9.17, 15) is 27.6 Å². The molecule has 0 saturated carbocycles. The van der Waals surface area contributed by atoms with Crippen LogP contribution in [0.25, 0.3) is 0 Å². The minimum atomic E-state index is -4.72. The second-order valence-electron chi connectivity index (χ2n) is 8.19. The second-order valence-corrected chi connectivity index (χ2v) is 8.19. The molecular weight excluding hydrogens is 474 g/mol. The van der Waals surface area contributed by atoms with Crippen LogP contribution < -0.4 is 26.8 Å². The van der Waals surface area contributed by atoms with Crippen molar-refractivity contribution in [3.8, 4) is 0 Å². The second kappa shape index (κ2) is 9.90. The number of pyridine rings is 2. The van der Waals surface area contributed by atoms with E-state index in [1.807, 2.05) is 0 Å². The Balaban J connectivity index is 1.72. The first-order valence-electron chi connectivity index (χ1n) is 10.6. The molecule has 3 heterocycles. The highest BCUT2D eigenvalue weighted by Gasteiger charge is 2.36. The lowest BCUT2D eigenvalue weighted by atomic mass is 10.0. The number of primary amides is 1. The van der Waals surface area contributed by atoms with Crippen molar-refractivity contribution in [1.29, 1.82) is 0 Å². The number of quaternary nitrogens is 1. The molecule has 2 aromatic heterocycles. The van der Waals surface area contributed by atoms with Gasteiger partial charge in [-0.2, -0.15) is 13.2 Å². The molecular formula is C21H26F4N7O3+. The Morgan fingerprint density at radius 2 is 2.00 bits per heavy atom.